The summed E-state index contributed by atoms with van der Waals surface area (Å²) in [6, 6.07) is 5.56. The van der Waals surface area contributed by atoms with Crippen molar-refractivity contribution in [1.29, 1.82) is 5.41 Å². The van der Waals surface area contributed by atoms with Gasteiger partial charge in [0.25, 0.3) is 0 Å². The summed E-state index contributed by atoms with van der Waals surface area (Å²) in [6.07, 6.45) is 11.7. The van der Waals surface area contributed by atoms with Crippen LogP contribution in [-0.4, -0.2) is 41.4 Å². The van der Waals surface area contributed by atoms with E-state index in [1.165, 1.54) is 24.6 Å². The van der Waals surface area contributed by atoms with Gasteiger partial charge >= 0.3 is 0 Å². The predicted molar refractivity (Wildman–Crippen MR) is 113 cm³/mol. The van der Waals surface area contributed by atoms with Gasteiger partial charge in [-0.05, 0) is 55.9 Å². The third kappa shape index (κ3) is 8.24. The summed E-state index contributed by atoms with van der Waals surface area (Å²) in [5.41, 5.74) is 8.05. The largest absolute Gasteiger partial charge is 0.481 e. The molecule has 0 radical (unpaired) electrons. The van der Waals surface area contributed by atoms with Crippen LogP contribution in [0.4, 0.5) is 0 Å². The minimum atomic E-state index is 0. The molecule has 0 spiro atoms. The van der Waals surface area contributed by atoms with Gasteiger partial charge in [-0.3, -0.25) is 0 Å². The fourth-order valence-electron chi connectivity index (χ4n) is 2.53. The lowest BCUT2D eigenvalue weighted by atomic mass is 10.1. The predicted octanol–water partition coefficient (Wildman–Crippen LogP) is 3.14. The molecular weight excluding hydrogens is 356 g/mol. The molecule has 1 aliphatic rings. The Bertz CT molecular complexity index is 725. The molecule has 2 heterocycles. The highest BCUT2D eigenvalue weighted by Gasteiger charge is 2.23. The lowest BCUT2D eigenvalue weighted by Crippen LogP contribution is -2.02. The highest BCUT2D eigenvalue weighted by Crippen LogP contribution is 2.37. The van der Waals surface area contributed by atoms with Gasteiger partial charge in [-0.25, -0.2) is 4.68 Å². The van der Waals surface area contributed by atoms with E-state index < -0.39 is 0 Å². The fraction of sp³-hybridized carbons (Fsp3) is 0.400. The molecule has 8 nitrogen and oxygen atoms in total. The van der Waals surface area contributed by atoms with Crippen molar-refractivity contribution >= 4 is 13.0 Å². The molecule has 0 aliphatic heterocycles. The number of hydrogen-bond acceptors (Lipinski definition) is 7. The van der Waals surface area contributed by atoms with E-state index in [2.05, 4.69) is 17.0 Å². The van der Waals surface area contributed by atoms with Crippen molar-refractivity contribution in [2.24, 2.45) is 11.7 Å². The summed E-state index contributed by atoms with van der Waals surface area (Å²) in [7, 11) is 1.59. The number of ether oxygens (including phenoxy) is 1. The van der Waals surface area contributed by atoms with Crippen molar-refractivity contribution in [1.82, 2.24) is 20.9 Å². The number of nitrogens with two attached hydrogens (primary N) is 1. The molecule has 0 atom stereocenters. The van der Waals surface area contributed by atoms with Crippen molar-refractivity contribution < 1.29 is 9.53 Å². The standard InChI is InChI=1S/C11H14N4O.C8H13N.CH2O.H3N/c1-16-11-4-2-3-10(14-11)15-8-9(5-6-12)7-13-15;1-2-7(5-6-9)8-3-4-8;1-2;/h2-4,7-8H,5-6,12H2,1H3;5-6,8-9H,2-4H2,1H3;1H2;1H3/b;7-5+,9-6?;;. The first-order chi connectivity index (χ1) is 13.2. The molecule has 0 aromatic carbocycles. The molecule has 0 saturated heterocycles. The van der Waals surface area contributed by atoms with E-state index in [-0.39, 0.29) is 6.15 Å². The van der Waals surface area contributed by atoms with Gasteiger partial charge in [-0.2, -0.15) is 10.1 Å². The average Bonchev–Trinajstić information content (AvgIpc) is 3.46. The SMILES string of the molecule is C=O.CC/C(=C\C=N)C1CC1.COc1cccc(-n2cc(CCN)cn2)n1.N. The third-order valence-corrected chi connectivity index (χ3v) is 4.03. The van der Waals surface area contributed by atoms with E-state index in [0.29, 0.717) is 12.4 Å². The topological polar surface area (TPSA) is 142 Å². The summed E-state index contributed by atoms with van der Waals surface area (Å²) in [6.45, 7) is 4.78. The number of methoxy groups -OCH3 is 1. The number of nitrogens with zero attached hydrogens (tertiary/aromatic N) is 3. The molecule has 0 amide bonds. The Balaban J connectivity index is 0.000000521. The van der Waals surface area contributed by atoms with Crippen LogP contribution in [0.15, 0.2) is 42.2 Å². The van der Waals surface area contributed by atoms with Crippen LogP contribution in [0.3, 0.4) is 0 Å². The highest BCUT2D eigenvalue weighted by molar-refractivity contribution is 5.69. The second-order valence-electron chi connectivity index (χ2n) is 5.91. The summed E-state index contributed by atoms with van der Waals surface area (Å²) < 4.78 is 6.77. The molecule has 0 unspecified atom stereocenters. The quantitative estimate of drug-likeness (QED) is 0.622. The summed E-state index contributed by atoms with van der Waals surface area (Å²) in [4.78, 5) is 12.3. The Hall–Kier alpha value is -2.84. The van der Waals surface area contributed by atoms with Crippen LogP contribution in [0.1, 0.15) is 31.7 Å². The zero-order valence-corrected chi connectivity index (χ0v) is 16.8. The second-order valence-corrected chi connectivity index (χ2v) is 5.91. The molecule has 6 N–H and O–H groups in total. The number of aromatic nitrogens is 3. The van der Waals surface area contributed by atoms with E-state index in [1.807, 2.05) is 31.2 Å². The summed E-state index contributed by atoms with van der Waals surface area (Å²) in [5, 5.41) is 11.1. The van der Waals surface area contributed by atoms with Gasteiger partial charge in [0, 0.05) is 18.5 Å². The Labute approximate surface area is 166 Å². The normalized spacial score (nSPS) is 12.5. The van der Waals surface area contributed by atoms with E-state index in [9.17, 15) is 0 Å². The maximum absolute atomic E-state index is 8.00. The molecule has 1 saturated carbocycles. The molecule has 3 rings (SSSR count). The number of hydrogen-bond donors (Lipinski definition) is 3. The Morgan fingerprint density at radius 1 is 1.43 bits per heavy atom. The van der Waals surface area contributed by atoms with Crippen LogP contribution in [0, 0.1) is 11.3 Å². The maximum atomic E-state index is 8.00. The van der Waals surface area contributed by atoms with E-state index >= 15 is 0 Å². The molecule has 28 heavy (non-hydrogen) atoms. The van der Waals surface area contributed by atoms with Crippen LogP contribution in [0.25, 0.3) is 5.82 Å². The number of nitrogens with one attached hydrogen (secondary N) is 1. The molecular formula is C20H32N6O2. The van der Waals surface area contributed by atoms with E-state index in [1.54, 1.807) is 24.1 Å². The number of carbonyl (C=O) groups is 1. The Kier molecular flexibility index (Phi) is 12.8. The number of carbonyl (C=O) groups excluding carboxylic acids is 1. The monoisotopic (exact) mass is 388 g/mol. The number of rotatable bonds is 7. The van der Waals surface area contributed by atoms with Crippen LogP contribution < -0.4 is 16.6 Å². The van der Waals surface area contributed by atoms with Gasteiger partial charge in [0.2, 0.25) is 5.88 Å². The van der Waals surface area contributed by atoms with Crippen LogP contribution >= 0.6 is 0 Å². The Morgan fingerprint density at radius 3 is 2.68 bits per heavy atom. The third-order valence-electron chi connectivity index (χ3n) is 4.03. The molecule has 1 fully saturated rings. The van der Waals surface area contributed by atoms with E-state index in [4.69, 9.17) is 20.7 Å². The van der Waals surface area contributed by atoms with Gasteiger partial charge in [-0.15, -0.1) is 0 Å². The van der Waals surface area contributed by atoms with Crippen molar-refractivity contribution in [3.8, 4) is 11.7 Å². The Morgan fingerprint density at radius 2 is 2.14 bits per heavy atom. The van der Waals surface area contributed by atoms with Gasteiger partial charge < -0.3 is 26.8 Å². The van der Waals surface area contributed by atoms with Crippen LogP contribution in [-0.2, 0) is 11.2 Å². The van der Waals surface area contributed by atoms with Crippen molar-refractivity contribution in [2.75, 3.05) is 13.7 Å². The molecule has 0 bridgehead atoms. The molecule has 2 aromatic rings. The zero-order chi connectivity index (χ0) is 20.1. The fourth-order valence-corrected chi connectivity index (χ4v) is 2.53. The van der Waals surface area contributed by atoms with Crippen molar-refractivity contribution in [3.05, 3.63) is 47.8 Å². The maximum Gasteiger partial charge on any atom is 0.214 e. The average molecular weight is 389 g/mol. The minimum Gasteiger partial charge on any atom is -0.481 e. The van der Waals surface area contributed by atoms with Crippen molar-refractivity contribution in [3.63, 3.8) is 0 Å². The number of allylic oxidation sites excluding steroid dienone is 2. The first kappa shape index (κ1) is 25.2. The smallest absolute Gasteiger partial charge is 0.214 e. The molecule has 1 aliphatic carbocycles. The first-order valence-corrected chi connectivity index (χ1v) is 8.95. The zero-order valence-electron chi connectivity index (χ0n) is 16.8. The summed E-state index contributed by atoms with van der Waals surface area (Å²) in [5.74, 6) is 2.16. The second kappa shape index (κ2) is 14.2. The van der Waals surface area contributed by atoms with Gasteiger partial charge in [0.05, 0.1) is 13.3 Å². The lowest BCUT2D eigenvalue weighted by molar-refractivity contribution is -0.0979. The van der Waals surface area contributed by atoms with Gasteiger partial charge in [-0.1, -0.05) is 18.6 Å². The lowest BCUT2D eigenvalue weighted by Gasteiger charge is -2.02. The van der Waals surface area contributed by atoms with E-state index in [0.717, 1.165) is 30.1 Å². The summed E-state index contributed by atoms with van der Waals surface area (Å²) >= 11 is 0. The van der Waals surface area contributed by atoms with Crippen LogP contribution in [0.2, 0.25) is 0 Å². The first-order valence-electron chi connectivity index (χ1n) is 8.95. The molecule has 2 aromatic heterocycles. The molecule has 8 heteroatoms. The number of pyridine rings is 1. The van der Waals surface area contributed by atoms with Crippen molar-refractivity contribution in [2.45, 2.75) is 32.6 Å². The van der Waals surface area contributed by atoms with Gasteiger partial charge in [0.1, 0.15) is 6.79 Å². The van der Waals surface area contributed by atoms with Crippen LogP contribution in [0.5, 0.6) is 5.88 Å². The minimum absolute atomic E-state index is 0. The molecule has 154 valence electrons. The highest BCUT2D eigenvalue weighted by atomic mass is 16.5. The van der Waals surface area contributed by atoms with Gasteiger partial charge in [0.15, 0.2) is 5.82 Å².